The van der Waals surface area contributed by atoms with E-state index >= 15 is 0 Å². The van der Waals surface area contributed by atoms with Gasteiger partial charge in [0.2, 0.25) is 11.5 Å². The molecule has 0 saturated carbocycles. The summed E-state index contributed by atoms with van der Waals surface area (Å²) in [5, 5.41) is 16.0. The quantitative estimate of drug-likeness (QED) is 0.776. The molecule has 2 rings (SSSR count). The summed E-state index contributed by atoms with van der Waals surface area (Å²) >= 11 is 0. The zero-order valence-corrected chi connectivity index (χ0v) is 9.92. The second-order valence-corrected chi connectivity index (χ2v) is 4.41. The Labute approximate surface area is 103 Å². The third-order valence-corrected chi connectivity index (χ3v) is 3.49. The lowest BCUT2D eigenvalue weighted by Crippen LogP contribution is -2.36. The van der Waals surface area contributed by atoms with Crippen LogP contribution in [0, 0.1) is 5.41 Å². The first kappa shape index (κ1) is 12.3. The van der Waals surface area contributed by atoms with Crippen LogP contribution < -0.4 is 5.73 Å². The van der Waals surface area contributed by atoms with Gasteiger partial charge in [0.25, 0.3) is 5.91 Å². The molecular formula is C10H14N4O4. The molecule has 1 amide bonds. The number of carbonyl (C=O) groups excluding carboxylic acids is 1. The standard InChI is InChI=1S/C10H14N4O4/c1-2-10(9(16)17)3-4-14(5-10)8(15)6-7(11)13-18-12-6/h2-5H2,1H3,(H2,11,13)(H,16,17). The van der Waals surface area contributed by atoms with Crippen molar-refractivity contribution in [3.63, 3.8) is 0 Å². The van der Waals surface area contributed by atoms with Crippen LogP contribution in [0.1, 0.15) is 30.3 Å². The molecule has 0 spiro atoms. The average molecular weight is 254 g/mol. The molecule has 8 heteroatoms. The molecule has 1 atom stereocenters. The maximum absolute atomic E-state index is 12.0. The number of likely N-dealkylation sites (tertiary alicyclic amines) is 1. The van der Waals surface area contributed by atoms with Crippen LogP contribution in [-0.2, 0) is 4.79 Å². The number of anilines is 1. The first-order valence-electron chi connectivity index (χ1n) is 5.61. The minimum atomic E-state index is -0.883. The number of rotatable bonds is 3. The van der Waals surface area contributed by atoms with Gasteiger partial charge in [-0.25, -0.2) is 4.63 Å². The van der Waals surface area contributed by atoms with E-state index in [-0.39, 0.29) is 18.1 Å². The number of aromatic nitrogens is 2. The van der Waals surface area contributed by atoms with Gasteiger partial charge in [-0.3, -0.25) is 9.59 Å². The molecular weight excluding hydrogens is 240 g/mol. The fourth-order valence-corrected chi connectivity index (χ4v) is 2.15. The zero-order valence-electron chi connectivity index (χ0n) is 9.92. The molecule has 8 nitrogen and oxygen atoms in total. The molecule has 98 valence electrons. The minimum absolute atomic E-state index is 0.0627. The highest BCUT2D eigenvalue weighted by Gasteiger charge is 2.45. The van der Waals surface area contributed by atoms with Crippen LogP contribution in [0.25, 0.3) is 0 Å². The van der Waals surface area contributed by atoms with Gasteiger partial charge in [0, 0.05) is 13.1 Å². The molecule has 1 fully saturated rings. The normalized spacial score (nSPS) is 23.3. The van der Waals surface area contributed by atoms with Gasteiger partial charge >= 0.3 is 5.97 Å². The van der Waals surface area contributed by atoms with Gasteiger partial charge < -0.3 is 15.7 Å². The maximum atomic E-state index is 12.0. The number of nitrogens with zero attached hydrogens (tertiary/aromatic N) is 3. The van der Waals surface area contributed by atoms with Gasteiger partial charge in [-0.15, -0.1) is 0 Å². The summed E-state index contributed by atoms with van der Waals surface area (Å²) in [6, 6.07) is 0. The van der Waals surface area contributed by atoms with Crippen molar-refractivity contribution in [2.75, 3.05) is 18.8 Å². The third kappa shape index (κ3) is 1.79. The van der Waals surface area contributed by atoms with Crippen LogP contribution in [0.3, 0.4) is 0 Å². The van der Waals surface area contributed by atoms with Crippen molar-refractivity contribution in [1.29, 1.82) is 0 Å². The van der Waals surface area contributed by atoms with Crippen LogP contribution in [0.5, 0.6) is 0 Å². The largest absolute Gasteiger partial charge is 0.481 e. The molecule has 1 aliphatic heterocycles. The predicted octanol–water partition coefficient (Wildman–Crippen LogP) is -0.0213. The summed E-state index contributed by atoms with van der Waals surface area (Å²) in [7, 11) is 0. The van der Waals surface area contributed by atoms with E-state index in [4.69, 9.17) is 5.73 Å². The molecule has 1 saturated heterocycles. The van der Waals surface area contributed by atoms with E-state index in [1.165, 1.54) is 4.90 Å². The number of amides is 1. The summed E-state index contributed by atoms with van der Waals surface area (Å²) in [6.07, 6.45) is 0.897. The van der Waals surface area contributed by atoms with Gasteiger partial charge in [-0.2, -0.15) is 0 Å². The lowest BCUT2D eigenvalue weighted by Gasteiger charge is -2.22. The Hall–Kier alpha value is -2.12. The van der Waals surface area contributed by atoms with E-state index in [1.807, 2.05) is 0 Å². The smallest absolute Gasteiger partial charge is 0.311 e. The molecule has 1 aliphatic rings. The van der Waals surface area contributed by atoms with Crippen molar-refractivity contribution in [2.24, 2.45) is 5.41 Å². The van der Waals surface area contributed by atoms with E-state index in [0.29, 0.717) is 19.4 Å². The number of carbonyl (C=O) groups is 2. The Morgan fingerprint density at radius 3 is 2.72 bits per heavy atom. The number of nitrogens with two attached hydrogens (primary N) is 1. The van der Waals surface area contributed by atoms with E-state index in [2.05, 4.69) is 14.9 Å². The summed E-state index contributed by atoms with van der Waals surface area (Å²) in [5.74, 6) is -1.40. The van der Waals surface area contributed by atoms with Crippen LogP contribution in [-0.4, -0.2) is 45.3 Å². The Morgan fingerprint density at radius 2 is 2.28 bits per heavy atom. The molecule has 2 heterocycles. The summed E-state index contributed by atoms with van der Waals surface area (Å²) < 4.78 is 4.36. The Kier molecular flexibility index (Phi) is 2.93. The number of aliphatic carboxylic acids is 1. The van der Waals surface area contributed by atoms with Crippen molar-refractivity contribution in [2.45, 2.75) is 19.8 Å². The summed E-state index contributed by atoms with van der Waals surface area (Å²) in [4.78, 5) is 24.7. The fraction of sp³-hybridized carbons (Fsp3) is 0.600. The first-order chi connectivity index (χ1) is 8.50. The zero-order chi connectivity index (χ0) is 13.3. The lowest BCUT2D eigenvalue weighted by molar-refractivity contribution is -0.148. The second-order valence-electron chi connectivity index (χ2n) is 4.41. The fourth-order valence-electron chi connectivity index (χ4n) is 2.15. The monoisotopic (exact) mass is 254 g/mol. The van der Waals surface area contributed by atoms with Gasteiger partial charge in [0.05, 0.1) is 5.41 Å². The number of nitrogen functional groups attached to an aromatic ring is 1. The van der Waals surface area contributed by atoms with Crippen molar-refractivity contribution in [3.05, 3.63) is 5.69 Å². The second kappa shape index (κ2) is 4.28. The van der Waals surface area contributed by atoms with Crippen LogP contribution >= 0.6 is 0 Å². The number of hydrogen-bond donors (Lipinski definition) is 2. The number of carboxylic acids is 1. The van der Waals surface area contributed by atoms with Crippen molar-refractivity contribution < 1.29 is 19.3 Å². The molecule has 1 unspecified atom stereocenters. The molecule has 3 N–H and O–H groups in total. The maximum Gasteiger partial charge on any atom is 0.311 e. The predicted molar refractivity (Wildman–Crippen MR) is 59.6 cm³/mol. The van der Waals surface area contributed by atoms with E-state index in [0.717, 1.165) is 0 Å². The van der Waals surface area contributed by atoms with Gasteiger partial charge in [-0.1, -0.05) is 6.92 Å². The minimum Gasteiger partial charge on any atom is -0.481 e. The van der Waals surface area contributed by atoms with Crippen LogP contribution in [0.15, 0.2) is 4.63 Å². The molecule has 18 heavy (non-hydrogen) atoms. The van der Waals surface area contributed by atoms with Gasteiger partial charge in [0.15, 0.2) is 0 Å². The SMILES string of the molecule is CCC1(C(=O)O)CCN(C(=O)c2nonc2N)C1. The lowest BCUT2D eigenvalue weighted by atomic mass is 9.84. The highest BCUT2D eigenvalue weighted by atomic mass is 16.6. The van der Waals surface area contributed by atoms with E-state index in [1.54, 1.807) is 6.92 Å². The summed E-state index contributed by atoms with van der Waals surface area (Å²) in [5.41, 5.74) is 4.50. The van der Waals surface area contributed by atoms with Crippen molar-refractivity contribution in [3.8, 4) is 0 Å². The molecule has 0 aliphatic carbocycles. The van der Waals surface area contributed by atoms with Crippen molar-refractivity contribution >= 4 is 17.7 Å². The third-order valence-electron chi connectivity index (χ3n) is 3.49. The molecule has 1 aromatic rings. The van der Waals surface area contributed by atoms with Gasteiger partial charge in [0.1, 0.15) is 0 Å². The Morgan fingerprint density at radius 1 is 1.56 bits per heavy atom. The molecule has 1 aromatic heterocycles. The highest BCUT2D eigenvalue weighted by molar-refractivity contribution is 5.96. The van der Waals surface area contributed by atoms with Gasteiger partial charge in [-0.05, 0) is 23.2 Å². The Bertz CT molecular complexity index is 486. The van der Waals surface area contributed by atoms with E-state index < -0.39 is 17.3 Å². The first-order valence-corrected chi connectivity index (χ1v) is 5.61. The molecule has 0 radical (unpaired) electrons. The summed E-state index contributed by atoms with van der Waals surface area (Å²) in [6.45, 7) is 2.32. The van der Waals surface area contributed by atoms with Crippen molar-refractivity contribution in [1.82, 2.24) is 15.2 Å². The number of hydrogen-bond acceptors (Lipinski definition) is 6. The van der Waals surface area contributed by atoms with E-state index in [9.17, 15) is 14.7 Å². The molecule has 0 aromatic carbocycles. The van der Waals surface area contributed by atoms with Crippen LogP contribution in [0.4, 0.5) is 5.82 Å². The topological polar surface area (TPSA) is 123 Å². The number of carboxylic acid groups (broad SMARTS) is 1. The molecule has 0 bridgehead atoms. The average Bonchev–Trinajstić information content (AvgIpc) is 2.95. The van der Waals surface area contributed by atoms with Crippen LogP contribution in [0.2, 0.25) is 0 Å². The Balaban J connectivity index is 2.17. The highest BCUT2D eigenvalue weighted by Crippen LogP contribution is 2.34.